The van der Waals surface area contributed by atoms with Gasteiger partial charge in [0.2, 0.25) is 11.8 Å². The third-order valence-corrected chi connectivity index (χ3v) is 7.98. The first kappa shape index (κ1) is 21.2. The Morgan fingerprint density at radius 2 is 1.84 bits per heavy atom. The van der Waals surface area contributed by atoms with E-state index in [0.29, 0.717) is 17.5 Å². The predicted molar refractivity (Wildman–Crippen MR) is 118 cm³/mol. The van der Waals surface area contributed by atoms with E-state index in [0.717, 1.165) is 37.2 Å². The number of benzene rings is 1. The van der Waals surface area contributed by atoms with Crippen molar-refractivity contribution in [3.05, 3.63) is 34.9 Å². The Hall–Kier alpha value is -1.67. The summed E-state index contributed by atoms with van der Waals surface area (Å²) in [6.45, 7) is 2.29. The fourth-order valence-electron chi connectivity index (χ4n) is 5.81. The molecule has 5 atom stereocenters. The molecule has 7 nitrogen and oxygen atoms in total. The van der Waals surface area contributed by atoms with E-state index in [1.807, 2.05) is 24.3 Å². The first-order valence-electron chi connectivity index (χ1n) is 11.7. The van der Waals surface area contributed by atoms with E-state index in [1.165, 1.54) is 12.8 Å². The maximum Gasteiger partial charge on any atom is 0.226 e. The van der Waals surface area contributed by atoms with Gasteiger partial charge in [-0.3, -0.25) is 9.59 Å². The highest BCUT2D eigenvalue weighted by atomic mass is 35.5. The van der Waals surface area contributed by atoms with E-state index in [-0.39, 0.29) is 41.9 Å². The Labute approximate surface area is 188 Å². The van der Waals surface area contributed by atoms with E-state index < -0.39 is 0 Å². The van der Waals surface area contributed by atoms with Gasteiger partial charge in [-0.05, 0) is 68.6 Å². The van der Waals surface area contributed by atoms with Crippen LogP contribution in [0, 0.1) is 17.8 Å². The summed E-state index contributed by atoms with van der Waals surface area (Å²) in [6, 6.07) is 7.91. The lowest BCUT2D eigenvalue weighted by atomic mass is 9.75. The minimum absolute atomic E-state index is 0.000529. The third-order valence-electron chi connectivity index (χ3n) is 7.73. The minimum Gasteiger partial charge on any atom is -0.353 e. The Balaban J connectivity index is 1.26. The summed E-state index contributed by atoms with van der Waals surface area (Å²) in [6.07, 6.45) is 6.56. The molecule has 4 fully saturated rings. The van der Waals surface area contributed by atoms with Crippen molar-refractivity contribution in [1.82, 2.24) is 26.6 Å². The molecule has 1 aromatic rings. The lowest BCUT2D eigenvalue weighted by Crippen LogP contribution is -2.66. The number of rotatable bonds is 3. The number of amides is 2. The van der Waals surface area contributed by atoms with Gasteiger partial charge in [-0.15, -0.1) is 0 Å². The Bertz CT molecular complexity index is 826. The number of hydrogen-bond donors (Lipinski definition) is 4. The Morgan fingerprint density at radius 1 is 1.10 bits per heavy atom. The Kier molecular flexibility index (Phi) is 5.94. The van der Waals surface area contributed by atoms with Gasteiger partial charge in [0, 0.05) is 23.0 Å². The molecular weight excluding hydrogens is 414 g/mol. The normalized spacial score (nSPS) is 38.1. The first-order chi connectivity index (χ1) is 15.0. The zero-order chi connectivity index (χ0) is 21.5. The molecule has 31 heavy (non-hydrogen) atoms. The van der Waals surface area contributed by atoms with E-state index in [4.69, 9.17) is 11.6 Å². The molecule has 2 saturated carbocycles. The summed E-state index contributed by atoms with van der Waals surface area (Å²) in [7, 11) is 0. The van der Waals surface area contributed by atoms with Crippen molar-refractivity contribution < 1.29 is 9.59 Å². The summed E-state index contributed by atoms with van der Waals surface area (Å²) < 4.78 is 0. The van der Waals surface area contributed by atoms with Crippen molar-refractivity contribution in [3.8, 4) is 0 Å². The highest BCUT2D eigenvalue weighted by Crippen LogP contribution is 2.39. The molecular formula is C23H32ClN5O2. The number of nitrogens with one attached hydrogen (secondary N) is 4. The first-order valence-corrected chi connectivity index (χ1v) is 12.0. The third kappa shape index (κ3) is 4.21. The van der Waals surface area contributed by atoms with Crippen molar-refractivity contribution >= 4 is 23.4 Å². The van der Waals surface area contributed by atoms with Crippen LogP contribution in [0.25, 0.3) is 0 Å². The molecule has 2 amide bonds. The van der Waals surface area contributed by atoms with Crippen LogP contribution < -0.4 is 21.6 Å². The minimum atomic E-state index is -0.198. The second-order valence-corrected chi connectivity index (χ2v) is 10.2. The fraction of sp³-hybridized carbons (Fsp3) is 0.652. The van der Waals surface area contributed by atoms with Crippen LogP contribution in [0.2, 0.25) is 5.02 Å². The van der Waals surface area contributed by atoms with Gasteiger partial charge >= 0.3 is 0 Å². The maximum absolute atomic E-state index is 13.0. The Morgan fingerprint density at radius 3 is 2.58 bits per heavy atom. The average Bonchev–Trinajstić information content (AvgIpc) is 3.19. The van der Waals surface area contributed by atoms with Crippen LogP contribution in [0.1, 0.15) is 63.5 Å². The molecule has 2 heterocycles. The molecule has 2 aliphatic heterocycles. The van der Waals surface area contributed by atoms with E-state index in [2.05, 4.69) is 33.5 Å². The highest BCUT2D eigenvalue weighted by molar-refractivity contribution is 6.30. The van der Waals surface area contributed by atoms with Gasteiger partial charge in [0.25, 0.3) is 0 Å². The average molecular weight is 446 g/mol. The fourth-order valence-corrected chi connectivity index (χ4v) is 5.93. The molecule has 0 spiro atoms. The summed E-state index contributed by atoms with van der Waals surface area (Å²) >= 11 is 6.04. The van der Waals surface area contributed by atoms with Crippen LogP contribution in [0.3, 0.4) is 0 Å². The molecule has 8 heteroatoms. The zero-order valence-corrected chi connectivity index (χ0v) is 18.7. The number of hydrazine groups is 2. The summed E-state index contributed by atoms with van der Waals surface area (Å²) in [4.78, 5) is 25.9. The zero-order valence-electron chi connectivity index (χ0n) is 17.9. The van der Waals surface area contributed by atoms with Gasteiger partial charge in [-0.1, -0.05) is 30.7 Å². The van der Waals surface area contributed by atoms with Crippen molar-refractivity contribution in [3.63, 3.8) is 0 Å². The van der Waals surface area contributed by atoms with Gasteiger partial charge in [0.1, 0.15) is 6.17 Å². The second kappa shape index (κ2) is 8.70. The molecule has 4 aliphatic rings. The molecule has 2 saturated heterocycles. The van der Waals surface area contributed by atoms with Crippen LogP contribution in [0.15, 0.2) is 24.3 Å². The number of carbonyl (C=O) groups excluding carboxylic acids is 2. The number of carbonyl (C=O) groups is 2. The lowest BCUT2D eigenvalue weighted by Gasteiger charge is -2.46. The van der Waals surface area contributed by atoms with Gasteiger partial charge in [0.15, 0.2) is 0 Å². The van der Waals surface area contributed by atoms with E-state index >= 15 is 0 Å². The molecule has 5 rings (SSSR count). The van der Waals surface area contributed by atoms with Crippen LogP contribution in [-0.4, -0.2) is 35.1 Å². The van der Waals surface area contributed by atoms with Crippen molar-refractivity contribution in [2.45, 2.75) is 76.2 Å². The molecule has 168 valence electrons. The number of nitrogens with zero attached hydrogens (tertiary/aromatic N) is 1. The molecule has 1 aromatic carbocycles. The standard InChI is InChI=1S/C23H32ClN5O2/c1-13-2-9-17(10-3-13)25-22(30)15-6-11-18-19(12-15)29-21(26-23(18)31)20(27-28-29)14-4-7-16(24)8-5-14/h4-5,7-8,13,15,17-21,27-28H,2-3,6,9-12H2,1H3,(H,25,30)(H,26,31). The summed E-state index contributed by atoms with van der Waals surface area (Å²) in [5.41, 5.74) is 7.67. The highest BCUT2D eigenvalue weighted by Gasteiger charge is 2.51. The lowest BCUT2D eigenvalue weighted by molar-refractivity contribution is -0.144. The quantitative estimate of drug-likeness (QED) is 0.574. The van der Waals surface area contributed by atoms with Gasteiger partial charge in [0.05, 0.1) is 12.0 Å². The molecule has 5 unspecified atom stereocenters. The SMILES string of the molecule is CC1CCC(NC(=O)C2CCC3C(=O)NC4C(c5ccc(Cl)cc5)NNN4C3C2)CC1. The molecule has 4 N–H and O–H groups in total. The van der Waals surface area contributed by atoms with Gasteiger partial charge in [-0.25, -0.2) is 10.4 Å². The predicted octanol–water partition coefficient (Wildman–Crippen LogP) is 2.64. The molecule has 0 radical (unpaired) electrons. The second-order valence-electron chi connectivity index (χ2n) is 9.80. The largest absolute Gasteiger partial charge is 0.353 e. The number of halogens is 1. The smallest absolute Gasteiger partial charge is 0.226 e. The summed E-state index contributed by atoms with van der Waals surface area (Å²) in [5.74, 6) is 0.902. The molecule has 0 bridgehead atoms. The number of fused-ring (bicyclic) bond motifs is 3. The van der Waals surface area contributed by atoms with Crippen LogP contribution in [-0.2, 0) is 9.59 Å². The van der Waals surface area contributed by atoms with Crippen molar-refractivity contribution in [2.75, 3.05) is 0 Å². The van der Waals surface area contributed by atoms with Crippen LogP contribution in [0.4, 0.5) is 0 Å². The van der Waals surface area contributed by atoms with Gasteiger partial charge in [-0.2, -0.15) is 5.53 Å². The molecule has 2 aliphatic carbocycles. The van der Waals surface area contributed by atoms with Crippen LogP contribution in [0.5, 0.6) is 0 Å². The number of hydrogen-bond acceptors (Lipinski definition) is 5. The maximum atomic E-state index is 13.0. The van der Waals surface area contributed by atoms with E-state index in [1.54, 1.807) is 0 Å². The summed E-state index contributed by atoms with van der Waals surface area (Å²) in [5, 5.41) is 9.30. The van der Waals surface area contributed by atoms with Crippen molar-refractivity contribution in [1.29, 1.82) is 0 Å². The van der Waals surface area contributed by atoms with Crippen LogP contribution >= 0.6 is 11.6 Å². The van der Waals surface area contributed by atoms with Crippen molar-refractivity contribution in [2.24, 2.45) is 17.8 Å². The topological polar surface area (TPSA) is 85.5 Å². The van der Waals surface area contributed by atoms with E-state index in [9.17, 15) is 9.59 Å². The monoisotopic (exact) mass is 445 g/mol. The van der Waals surface area contributed by atoms with Gasteiger partial charge < -0.3 is 10.6 Å². The molecule has 0 aromatic heterocycles.